The van der Waals surface area contributed by atoms with Gasteiger partial charge in [-0.25, -0.2) is 0 Å². The average molecular weight is 518 g/mol. The molecule has 0 saturated carbocycles. The smallest absolute Gasteiger partial charge is 0.368 e. The van der Waals surface area contributed by atoms with E-state index in [0.29, 0.717) is 11.2 Å². The fourth-order valence-electron chi connectivity index (χ4n) is 4.49. The van der Waals surface area contributed by atoms with Crippen LogP contribution in [0.1, 0.15) is 28.1 Å². The molecular weight excluding hydrogens is 491 g/mol. The summed E-state index contributed by atoms with van der Waals surface area (Å²) in [5.41, 5.74) is 0.436. The molecule has 1 fully saturated rings. The number of hydrogen-bond donors (Lipinski definition) is 1. The number of fused-ring (bicyclic) bond motifs is 2. The minimum atomic E-state index is -4.31. The first kappa shape index (κ1) is 24.1. The molecule has 0 spiro atoms. The maximum atomic E-state index is 13.0. The number of carbonyl (C=O) groups is 1. The Hall–Kier alpha value is -2.62. The van der Waals surface area contributed by atoms with Crippen molar-refractivity contribution in [1.82, 2.24) is 10.2 Å². The van der Waals surface area contributed by atoms with Gasteiger partial charge >= 0.3 is 6.18 Å². The van der Waals surface area contributed by atoms with Gasteiger partial charge in [-0.3, -0.25) is 9.69 Å². The lowest BCUT2D eigenvalue weighted by atomic mass is 10.1. The van der Waals surface area contributed by atoms with E-state index < -0.39 is 11.7 Å². The van der Waals surface area contributed by atoms with E-state index >= 15 is 0 Å². The van der Waals surface area contributed by atoms with Crippen molar-refractivity contribution in [3.05, 3.63) is 64.4 Å². The standard InChI is InChI=1S/C26H26F3N3OS2/c27-26(28,29)19-7-8-20-21(17-34-23(20)16-19)32-13-11-31(12-14-32)10-4-3-9-30-25(33)24-15-18-5-1-2-6-22(18)35-24/h1-2,5-8,15-17H,3-4,9-14H2,(H,30,33). The van der Waals surface area contributed by atoms with Gasteiger partial charge in [0, 0.05) is 52.9 Å². The zero-order valence-corrected chi connectivity index (χ0v) is 20.7. The van der Waals surface area contributed by atoms with Crippen molar-refractivity contribution in [2.45, 2.75) is 19.0 Å². The summed E-state index contributed by atoms with van der Waals surface area (Å²) in [5.74, 6) is -0.00911. The highest BCUT2D eigenvalue weighted by atomic mass is 32.1. The van der Waals surface area contributed by atoms with Crippen molar-refractivity contribution in [3.8, 4) is 0 Å². The van der Waals surface area contributed by atoms with Crippen LogP contribution in [0.5, 0.6) is 0 Å². The normalized spacial score (nSPS) is 15.2. The number of nitrogens with zero attached hydrogens (tertiary/aromatic N) is 2. The monoisotopic (exact) mass is 517 g/mol. The molecule has 4 aromatic rings. The van der Waals surface area contributed by atoms with E-state index in [1.165, 1.54) is 34.8 Å². The first-order valence-electron chi connectivity index (χ1n) is 11.7. The molecule has 2 aromatic heterocycles. The predicted molar refractivity (Wildman–Crippen MR) is 139 cm³/mol. The highest BCUT2D eigenvalue weighted by Gasteiger charge is 2.31. The third-order valence-corrected chi connectivity index (χ3v) is 8.48. The Balaban J connectivity index is 1.05. The molecule has 0 aliphatic carbocycles. The Morgan fingerprint density at radius 2 is 1.77 bits per heavy atom. The molecule has 184 valence electrons. The Labute approximate surface area is 210 Å². The highest BCUT2D eigenvalue weighted by Crippen LogP contribution is 2.38. The van der Waals surface area contributed by atoms with Gasteiger partial charge in [0.2, 0.25) is 0 Å². The molecule has 4 nitrogen and oxygen atoms in total. The van der Waals surface area contributed by atoms with Crippen LogP contribution in [-0.4, -0.2) is 50.1 Å². The van der Waals surface area contributed by atoms with E-state index in [9.17, 15) is 18.0 Å². The van der Waals surface area contributed by atoms with Gasteiger partial charge in [0.25, 0.3) is 5.91 Å². The summed E-state index contributed by atoms with van der Waals surface area (Å²) in [7, 11) is 0. The van der Waals surface area contributed by atoms with Gasteiger partial charge in [-0.05, 0) is 49.0 Å². The number of rotatable bonds is 7. The Morgan fingerprint density at radius 1 is 0.971 bits per heavy atom. The van der Waals surface area contributed by atoms with E-state index in [-0.39, 0.29) is 5.91 Å². The Morgan fingerprint density at radius 3 is 2.54 bits per heavy atom. The highest BCUT2D eigenvalue weighted by molar-refractivity contribution is 7.20. The SMILES string of the molecule is O=C(NCCCCN1CCN(c2csc3cc(C(F)(F)F)ccc23)CC1)c1cc2ccccc2s1. The lowest BCUT2D eigenvalue weighted by Crippen LogP contribution is -2.46. The maximum Gasteiger partial charge on any atom is 0.416 e. The van der Waals surface area contributed by atoms with Gasteiger partial charge in [-0.2, -0.15) is 13.2 Å². The average Bonchev–Trinajstić information content (AvgIpc) is 3.48. The number of carbonyl (C=O) groups excluding carboxylic acids is 1. The largest absolute Gasteiger partial charge is 0.416 e. The van der Waals surface area contributed by atoms with Crippen molar-refractivity contribution in [2.75, 3.05) is 44.2 Å². The summed E-state index contributed by atoms with van der Waals surface area (Å²) in [6.45, 7) is 5.20. The third kappa shape index (κ3) is 5.47. The summed E-state index contributed by atoms with van der Waals surface area (Å²) < 4.78 is 40.8. The summed E-state index contributed by atoms with van der Waals surface area (Å²) in [6.07, 6.45) is -2.38. The second-order valence-corrected chi connectivity index (χ2v) is 10.8. The number of piperazine rings is 1. The molecule has 3 heterocycles. The third-order valence-electron chi connectivity index (χ3n) is 6.43. The summed E-state index contributed by atoms with van der Waals surface area (Å²) in [6, 6.07) is 14.0. The van der Waals surface area contributed by atoms with Crippen molar-refractivity contribution in [2.24, 2.45) is 0 Å². The number of halogens is 3. The fourth-order valence-corrected chi connectivity index (χ4v) is 6.48. The first-order valence-corrected chi connectivity index (χ1v) is 13.4. The van der Waals surface area contributed by atoms with E-state index in [0.717, 1.165) is 71.6 Å². The van der Waals surface area contributed by atoms with Crippen LogP contribution in [0.15, 0.2) is 53.9 Å². The zero-order chi connectivity index (χ0) is 24.4. The number of nitrogens with one attached hydrogen (secondary N) is 1. The van der Waals surface area contributed by atoms with Gasteiger partial charge in [-0.15, -0.1) is 22.7 Å². The topological polar surface area (TPSA) is 35.6 Å². The van der Waals surface area contributed by atoms with E-state index in [2.05, 4.69) is 15.1 Å². The number of amides is 1. The van der Waals surface area contributed by atoms with Crippen LogP contribution in [0.4, 0.5) is 18.9 Å². The maximum absolute atomic E-state index is 13.0. The van der Waals surface area contributed by atoms with Crippen molar-refractivity contribution in [3.63, 3.8) is 0 Å². The van der Waals surface area contributed by atoms with Crippen LogP contribution in [0.3, 0.4) is 0 Å². The number of hydrogen-bond acceptors (Lipinski definition) is 5. The molecule has 1 aliphatic heterocycles. The summed E-state index contributed by atoms with van der Waals surface area (Å²) in [5, 5.41) is 7.00. The quantitative estimate of drug-likeness (QED) is 0.286. The van der Waals surface area contributed by atoms with E-state index in [4.69, 9.17) is 0 Å². The second kappa shape index (κ2) is 10.2. The molecular formula is C26H26F3N3OS2. The van der Waals surface area contributed by atoms with Crippen LogP contribution >= 0.6 is 22.7 Å². The van der Waals surface area contributed by atoms with Crippen molar-refractivity contribution >= 4 is 54.4 Å². The van der Waals surface area contributed by atoms with Crippen LogP contribution in [0, 0.1) is 0 Å². The second-order valence-electron chi connectivity index (χ2n) is 8.77. The molecule has 9 heteroatoms. The van der Waals surface area contributed by atoms with Gasteiger partial charge in [0.15, 0.2) is 0 Å². The Kier molecular flexibility index (Phi) is 7.00. The molecule has 0 bridgehead atoms. The molecule has 35 heavy (non-hydrogen) atoms. The number of thiophene rings is 2. The number of anilines is 1. The molecule has 2 aromatic carbocycles. The van der Waals surface area contributed by atoms with Gasteiger partial charge in [0.1, 0.15) is 0 Å². The van der Waals surface area contributed by atoms with Gasteiger partial charge in [0.05, 0.1) is 16.1 Å². The lowest BCUT2D eigenvalue weighted by molar-refractivity contribution is -0.137. The van der Waals surface area contributed by atoms with Crippen LogP contribution < -0.4 is 10.2 Å². The first-order chi connectivity index (χ1) is 16.9. The fraction of sp³-hybridized carbons (Fsp3) is 0.346. The molecule has 0 unspecified atom stereocenters. The number of alkyl halides is 3. The lowest BCUT2D eigenvalue weighted by Gasteiger charge is -2.36. The Bertz CT molecular complexity index is 1290. The summed E-state index contributed by atoms with van der Waals surface area (Å²) >= 11 is 2.89. The predicted octanol–water partition coefficient (Wildman–Crippen LogP) is 6.47. The van der Waals surface area contributed by atoms with Crippen LogP contribution in [0.25, 0.3) is 20.2 Å². The molecule has 0 radical (unpaired) electrons. The molecule has 5 rings (SSSR count). The van der Waals surface area contributed by atoms with Crippen LogP contribution in [-0.2, 0) is 6.18 Å². The molecule has 1 amide bonds. The minimum Gasteiger partial charge on any atom is -0.368 e. The molecule has 0 atom stereocenters. The molecule has 1 saturated heterocycles. The molecule has 1 aliphatic rings. The summed E-state index contributed by atoms with van der Waals surface area (Å²) in [4.78, 5) is 17.9. The number of unbranched alkanes of at least 4 members (excludes halogenated alkanes) is 1. The van der Waals surface area contributed by atoms with E-state index in [1.54, 1.807) is 6.07 Å². The zero-order valence-electron chi connectivity index (χ0n) is 19.1. The van der Waals surface area contributed by atoms with Crippen molar-refractivity contribution in [1.29, 1.82) is 0 Å². The van der Waals surface area contributed by atoms with E-state index in [1.807, 2.05) is 35.7 Å². The van der Waals surface area contributed by atoms with Crippen molar-refractivity contribution < 1.29 is 18.0 Å². The van der Waals surface area contributed by atoms with Gasteiger partial charge in [-0.1, -0.05) is 24.3 Å². The minimum absolute atomic E-state index is 0.00911. The number of benzene rings is 2. The van der Waals surface area contributed by atoms with Gasteiger partial charge < -0.3 is 10.2 Å². The molecule has 1 N–H and O–H groups in total. The van der Waals surface area contributed by atoms with Crippen LogP contribution in [0.2, 0.25) is 0 Å².